The first-order valence-electron chi connectivity index (χ1n) is 9.59. The fraction of sp³-hybridized carbons (Fsp3) is 0.667. The van der Waals surface area contributed by atoms with Gasteiger partial charge in [-0.05, 0) is 46.8 Å². The summed E-state index contributed by atoms with van der Waals surface area (Å²) in [4.78, 5) is 10.4. The molecule has 3 unspecified atom stereocenters. The molecule has 0 radical (unpaired) electrons. The molecule has 164 valence electrons. The Labute approximate surface area is 169 Å². The van der Waals surface area contributed by atoms with Gasteiger partial charge < -0.3 is 29.2 Å². The number of aliphatic hydroxyl groups is 2. The van der Waals surface area contributed by atoms with Gasteiger partial charge in [0.15, 0.2) is 0 Å². The van der Waals surface area contributed by atoms with Gasteiger partial charge in [-0.2, -0.15) is 0 Å². The Morgan fingerprint density at radius 2 is 1.50 bits per heavy atom. The van der Waals surface area contributed by atoms with Crippen molar-refractivity contribution in [2.45, 2.75) is 59.9 Å². The summed E-state index contributed by atoms with van der Waals surface area (Å²) in [6.07, 6.45) is -0.654. The fourth-order valence-corrected chi connectivity index (χ4v) is 1.56. The zero-order valence-corrected chi connectivity index (χ0v) is 18.1. The zero-order valence-electron chi connectivity index (χ0n) is 18.1. The van der Waals surface area contributed by atoms with Gasteiger partial charge in [0.05, 0.1) is 38.1 Å². The highest BCUT2D eigenvalue weighted by molar-refractivity contribution is 5.69. The molecule has 3 atom stereocenters. The highest BCUT2D eigenvalue weighted by atomic mass is 16.5. The number of benzene rings is 1. The molecule has 1 rings (SSSR count). The van der Waals surface area contributed by atoms with E-state index >= 15 is 0 Å². The van der Waals surface area contributed by atoms with Crippen molar-refractivity contribution in [3.05, 3.63) is 30.3 Å². The van der Waals surface area contributed by atoms with Crippen LogP contribution in [-0.2, 0) is 19.0 Å². The number of carbonyl (C=O) groups excluding carboxylic acids is 1. The number of para-hydroxylation sites is 1. The molecule has 0 aliphatic heterocycles. The van der Waals surface area contributed by atoms with Gasteiger partial charge in [-0.25, -0.2) is 0 Å². The number of rotatable bonds is 10. The van der Waals surface area contributed by atoms with E-state index in [1.54, 1.807) is 26.0 Å². The van der Waals surface area contributed by atoms with Crippen LogP contribution in [-0.4, -0.2) is 67.5 Å². The fourth-order valence-electron chi connectivity index (χ4n) is 1.56. The van der Waals surface area contributed by atoms with Gasteiger partial charge in [0.25, 0.3) is 0 Å². The molecule has 0 heterocycles. The molecule has 7 heteroatoms. The molecule has 0 aliphatic carbocycles. The molecule has 0 saturated heterocycles. The smallest absolute Gasteiger partial charge is 0.308 e. The molecule has 0 amide bonds. The van der Waals surface area contributed by atoms with Gasteiger partial charge in [-0.3, -0.25) is 4.79 Å². The highest BCUT2D eigenvalue weighted by Crippen LogP contribution is 2.07. The summed E-state index contributed by atoms with van der Waals surface area (Å²) in [5.74, 6) is 0.307. The van der Waals surface area contributed by atoms with E-state index in [-0.39, 0.29) is 24.8 Å². The first-order valence-corrected chi connectivity index (χ1v) is 9.59. The standard InChI is InChI=1S/C9H20O4.C8H8O2.C4H10O/c1-7(11)5-12-9(3)6-13-8(2)4-10;1-7(9)10-8-5-3-2-4-6-8;1-3-5-4-2/h7-11H,4-6H2,1-3H3;2-6H,1H3;3-4H2,1-2H3. The Bertz CT molecular complexity index is 449. The second kappa shape index (κ2) is 20.2. The van der Waals surface area contributed by atoms with Crippen LogP contribution in [0.3, 0.4) is 0 Å². The largest absolute Gasteiger partial charge is 0.427 e. The quantitative estimate of drug-likeness (QED) is 0.459. The molecule has 1 aromatic carbocycles. The van der Waals surface area contributed by atoms with Crippen molar-refractivity contribution in [1.82, 2.24) is 0 Å². The summed E-state index contributed by atoms with van der Waals surface area (Å²) in [7, 11) is 0. The van der Waals surface area contributed by atoms with Crippen LogP contribution in [0.25, 0.3) is 0 Å². The number of hydrogen-bond donors (Lipinski definition) is 2. The van der Waals surface area contributed by atoms with Crippen molar-refractivity contribution in [1.29, 1.82) is 0 Å². The lowest BCUT2D eigenvalue weighted by atomic mass is 10.3. The van der Waals surface area contributed by atoms with Crippen LogP contribution in [0.4, 0.5) is 0 Å². The Morgan fingerprint density at radius 3 is 1.89 bits per heavy atom. The van der Waals surface area contributed by atoms with Crippen molar-refractivity contribution >= 4 is 5.97 Å². The van der Waals surface area contributed by atoms with Gasteiger partial charge >= 0.3 is 5.97 Å². The summed E-state index contributed by atoms with van der Waals surface area (Å²) in [5.41, 5.74) is 0. The van der Waals surface area contributed by atoms with E-state index in [1.807, 2.05) is 39.0 Å². The maximum absolute atomic E-state index is 10.4. The average Bonchev–Trinajstić information content (AvgIpc) is 2.66. The van der Waals surface area contributed by atoms with Crippen molar-refractivity contribution in [3.63, 3.8) is 0 Å². The molecule has 0 aromatic heterocycles. The first-order chi connectivity index (χ1) is 13.3. The maximum Gasteiger partial charge on any atom is 0.308 e. The minimum absolute atomic E-state index is 0.0170. The summed E-state index contributed by atoms with van der Waals surface area (Å²) < 4.78 is 20.1. The van der Waals surface area contributed by atoms with Crippen LogP contribution in [0.1, 0.15) is 41.5 Å². The van der Waals surface area contributed by atoms with Crippen molar-refractivity contribution in [3.8, 4) is 5.75 Å². The van der Waals surface area contributed by atoms with Gasteiger partial charge in [-0.15, -0.1) is 0 Å². The molecule has 0 saturated carbocycles. The predicted octanol–water partition coefficient (Wildman–Crippen LogP) is 2.82. The summed E-state index contributed by atoms with van der Waals surface area (Å²) in [6.45, 7) is 13.2. The van der Waals surface area contributed by atoms with E-state index in [0.29, 0.717) is 19.0 Å². The SMILES string of the molecule is CC(=O)Oc1ccccc1.CC(O)COC(C)COC(C)CO.CCOCC. The molecular weight excluding hydrogens is 364 g/mol. The lowest BCUT2D eigenvalue weighted by Crippen LogP contribution is -2.24. The van der Waals surface area contributed by atoms with Crippen molar-refractivity contribution in [2.75, 3.05) is 33.0 Å². The molecule has 0 fully saturated rings. The number of carbonyl (C=O) groups is 1. The third kappa shape index (κ3) is 22.5. The molecule has 0 bridgehead atoms. The minimum atomic E-state index is -0.447. The van der Waals surface area contributed by atoms with E-state index in [2.05, 4.69) is 0 Å². The van der Waals surface area contributed by atoms with Crippen molar-refractivity contribution < 1.29 is 34.0 Å². The van der Waals surface area contributed by atoms with Crippen LogP contribution in [0.15, 0.2) is 30.3 Å². The van der Waals surface area contributed by atoms with E-state index in [4.69, 9.17) is 29.2 Å². The Morgan fingerprint density at radius 1 is 0.964 bits per heavy atom. The summed E-state index contributed by atoms with van der Waals surface area (Å²) in [5, 5.41) is 17.6. The minimum Gasteiger partial charge on any atom is -0.427 e. The van der Waals surface area contributed by atoms with Gasteiger partial charge in [-0.1, -0.05) is 18.2 Å². The number of esters is 1. The molecule has 0 spiro atoms. The van der Waals surface area contributed by atoms with Crippen molar-refractivity contribution in [2.24, 2.45) is 0 Å². The van der Waals surface area contributed by atoms with Crippen LogP contribution in [0.5, 0.6) is 5.75 Å². The van der Waals surface area contributed by atoms with Crippen LogP contribution >= 0.6 is 0 Å². The Hall–Kier alpha value is -1.51. The molecule has 1 aromatic rings. The van der Waals surface area contributed by atoms with Crippen LogP contribution in [0.2, 0.25) is 0 Å². The molecule has 2 N–H and O–H groups in total. The zero-order chi connectivity index (χ0) is 21.8. The lowest BCUT2D eigenvalue weighted by molar-refractivity contribution is -0.131. The lowest BCUT2D eigenvalue weighted by Gasteiger charge is -2.16. The number of ether oxygens (including phenoxy) is 4. The van der Waals surface area contributed by atoms with Crippen LogP contribution in [0, 0.1) is 0 Å². The van der Waals surface area contributed by atoms with Gasteiger partial charge in [0.2, 0.25) is 0 Å². The van der Waals surface area contributed by atoms with Gasteiger partial charge in [0, 0.05) is 20.1 Å². The third-order valence-corrected chi connectivity index (χ3v) is 2.91. The van der Waals surface area contributed by atoms with E-state index in [1.165, 1.54) is 6.92 Å². The van der Waals surface area contributed by atoms with E-state index in [0.717, 1.165) is 13.2 Å². The summed E-state index contributed by atoms with van der Waals surface area (Å²) in [6, 6.07) is 8.98. The number of aliphatic hydroxyl groups excluding tert-OH is 2. The van der Waals surface area contributed by atoms with E-state index in [9.17, 15) is 4.79 Å². The average molecular weight is 403 g/mol. The number of hydrogen-bond acceptors (Lipinski definition) is 7. The monoisotopic (exact) mass is 402 g/mol. The van der Waals surface area contributed by atoms with Gasteiger partial charge in [0.1, 0.15) is 5.75 Å². The first kappa shape index (κ1) is 28.7. The second-order valence-electron chi connectivity index (χ2n) is 6.01. The topological polar surface area (TPSA) is 94.5 Å². The molecule has 0 aliphatic rings. The Balaban J connectivity index is 0. The highest BCUT2D eigenvalue weighted by Gasteiger charge is 2.07. The second-order valence-corrected chi connectivity index (χ2v) is 6.01. The molecule has 7 nitrogen and oxygen atoms in total. The predicted molar refractivity (Wildman–Crippen MR) is 110 cm³/mol. The normalized spacial score (nSPS) is 13.1. The van der Waals surface area contributed by atoms with Crippen LogP contribution < -0.4 is 4.74 Å². The maximum atomic E-state index is 10.4. The summed E-state index contributed by atoms with van der Waals surface area (Å²) >= 11 is 0. The molecule has 28 heavy (non-hydrogen) atoms. The molecular formula is C21H38O7. The Kier molecular flexibility index (Phi) is 20.7. The van der Waals surface area contributed by atoms with E-state index < -0.39 is 6.10 Å². The third-order valence-electron chi connectivity index (χ3n) is 2.91.